The second-order valence-corrected chi connectivity index (χ2v) is 7.64. The standard InChI is InChI=1S/C14H18ClNO2S/c1-3-19(17,18)8-4-7-16-11(2)9-12-10-13(15)5-6-14(12)16/h5-6,9-10H,3-4,7-8H2,1-2H3. The fourth-order valence-electron chi connectivity index (χ4n) is 2.26. The molecular weight excluding hydrogens is 282 g/mol. The molecule has 1 aromatic heterocycles. The Hall–Kier alpha value is -1.00. The summed E-state index contributed by atoms with van der Waals surface area (Å²) in [5.41, 5.74) is 2.24. The average molecular weight is 300 g/mol. The summed E-state index contributed by atoms with van der Waals surface area (Å²) in [6.07, 6.45) is 0.642. The van der Waals surface area contributed by atoms with Crippen molar-refractivity contribution in [3.8, 4) is 0 Å². The van der Waals surface area contributed by atoms with E-state index in [1.165, 1.54) is 0 Å². The molecule has 0 fully saturated rings. The maximum Gasteiger partial charge on any atom is 0.150 e. The molecule has 0 atom stereocenters. The Morgan fingerprint density at radius 3 is 2.68 bits per heavy atom. The fourth-order valence-corrected chi connectivity index (χ4v) is 3.30. The van der Waals surface area contributed by atoms with E-state index >= 15 is 0 Å². The lowest BCUT2D eigenvalue weighted by atomic mass is 10.2. The predicted octanol–water partition coefficient (Wildman–Crippen LogP) is 3.43. The second-order valence-electron chi connectivity index (χ2n) is 4.73. The molecule has 3 nitrogen and oxygen atoms in total. The number of rotatable bonds is 5. The van der Waals surface area contributed by atoms with Crippen molar-refractivity contribution < 1.29 is 8.42 Å². The molecule has 0 saturated heterocycles. The number of aromatic nitrogens is 1. The predicted molar refractivity (Wildman–Crippen MR) is 80.6 cm³/mol. The highest BCUT2D eigenvalue weighted by Gasteiger charge is 2.09. The van der Waals surface area contributed by atoms with Crippen molar-refractivity contribution in [2.24, 2.45) is 0 Å². The van der Waals surface area contributed by atoms with Crippen molar-refractivity contribution in [1.82, 2.24) is 4.57 Å². The SMILES string of the molecule is CCS(=O)(=O)CCCn1c(C)cc2cc(Cl)ccc21. The number of aryl methyl sites for hydroxylation is 2. The van der Waals surface area contributed by atoms with Crippen LogP contribution in [0.2, 0.25) is 5.02 Å². The zero-order valence-corrected chi connectivity index (χ0v) is 12.8. The van der Waals surface area contributed by atoms with Gasteiger partial charge in [0.15, 0.2) is 0 Å². The largest absolute Gasteiger partial charge is 0.345 e. The van der Waals surface area contributed by atoms with E-state index in [0.29, 0.717) is 6.42 Å². The molecule has 5 heteroatoms. The lowest BCUT2D eigenvalue weighted by Crippen LogP contribution is -2.11. The van der Waals surface area contributed by atoms with E-state index in [1.807, 2.05) is 25.1 Å². The molecule has 104 valence electrons. The molecule has 2 aromatic rings. The zero-order chi connectivity index (χ0) is 14.0. The van der Waals surface area contributed by atoms with Crippen LogP contribution in [0.1, 0.15) is 19.0 Å². The Labute approximate surface area is 119 Å². The van der Waals surface area contributed by atoms with Crippen molar-refractivity contribution in [2.45, 2.75) is 26.8 Å². The first-order valence-electron chi connectivity index (χ1n) is 6.39. The molecule has 0 aliphatic rings. The zero-order valence-electron chi connectivity index (χ0n) is 11.2. The summed E-state index contributed by atoms with van der Waals surface area (Å²) in [7, 11) is -2.88. The first-order valence-corrected chi connectivity index (χ1v) is 8.58. The molecule has 1 heterocycles. The van der Waals surface area contributed by atoms with Crippen LogP contribution in [0, 0.1) is 6.92 Å². The minimum atomic E-state index is -2.88. The number of nitrogens with zero attached hydrogens (tertiary/aromatic N) is 1. The number of benzene rings is 1. The Bertz CT molecular complexity index is 689. The number of sulfone groups is 1. The topological polar surface area (TPSA) is 39.1 Å². The van der Waals surface area contributed by atoms with Gasteiger partial charge in [-0.25, -0.2) is 8.42 Å². The molecule has 0 unspecified atom stereocenters. The van der Waals surface area contributed by atoms with Gasteiger partial charge in [0, 0.05) is 33.9 Å². The van der Waals surface area contributed by atoms with Gasteiger partial charge in [-0.1, -0.05) is 18.5 Å². The third kappa shape index (κ3) is 3.31. The van der Waals surface area contributed by atoms with Gasteiger partial charge < -0.3 is 4.57 Å². The van der Waals surface area contributed by atoms with Crippen LogP contribution in [0.4, 0.5) is 0 Å². The van der Waals surface area contributed by atoms with Gasteiger partial charge in [0.05, 0.1) is 5.75 Å². The molecule has 0 aliphatic heterocycles. The normalized spacial score (nSPS) is 12.2. The van der Waals surface area contributed by atoms with Crippen LogP contribution in [0.3, 0.4) is 0 Å². The molecule has 0 N–H and O–H groups in total. The van der Waals surface area contributed by atoms with Crippen LogP contribution < -0.4 is 0 Å². The molecule has 0 saturated carbocycles. The Morgan fingerprint density at radius 2 is 2.00 bits per heavy atom. The second kappa shape index (κ2) is 5.55. The molecule has 0 aliphatic carbocycles. The third-order valence-corrected chi connectivity index (χ3v) is 5.37. The first kappa shape index (κ1) is 14.4. The monoisotopic (exact) mass is 299 g/mol. The number of hydrogen-bond donors (Lipinski definition) is 0. The van der Waals surface area contributed by atoms with Crippen LogP contribution in [0.5, 0.6) is 0 Å². The van der Waals surface area contributed by atoms with Crippen molar-refractivity contribution >= 4 is 32.3 Å². The van der Waals surface area contributed by atoms with Gasteiger partial charge in [0.2, 0.25) is 0 Å². The summed E-state index contributed by atoms with van der Waals surface area (Å²) < 4.78 is 25.1. The fraction of sp³-hybridized carbons (Fsp3) is 0.429. The third-order valence-electron chi connectivity index (χ3n) is 3.35. The van der Waals surface area contributed by atoms with Crippen LogP contribution in [-0.2, 0) is 16.4 Å². The lowest BCUT2D eigenvalue weighted by Gasteiger charge is -2.08. The summed E-state index contributed by atoms with van der Waals surface area (Å²) in [5.74, 6) is 0.463. The molecule has 2 rings (SSSR count). The van der Waals surface area contributed by atoms with E-state index in [4.69, 9.17) is 11.6 Å². The smallest absolute Gasteiger partial charge is 0.150 e. The Balaban J connectivity index is 2.19. The van der Waals surface area contributed by atoms with E-state index in [0.717, 1.165) is 28.2 Å². The van der Waals surface area contributed by atoms with E-state index in [2.05, 4.69) is 10.6 Å². The van der Waals surface area contributed by atoms with Gasteiger partial charge in [-0.15, -0.1) is 0 Å². The quantitative estimate of drug-likeness (QED) is 0.848. The number of halogens is 1. The van der Waals surface area contributed by atoms with Crippen molar-refractivity contribution in [1.29, 1.82) is 0 Å². The minimum absolute atomic E-state index is 0.216. The van der Waals surface area contributed by atoms with Crippen LogP contribution in [-0.4, -0.2) is 24.5 Å². The van der Waals surface area contributed by atoms with E-state index in [1.54, 1.807) is 6.92 Å². The van der Waals surface area contributed by atoms with Crippen LogP contribution in [0.15, 0.2) is 24.3 Å². The number of hydrogen-bond acceptors (Lipinski definition) is 2. The van der Waals surface area contributed by atoms with E-state index in [9.17, 15) is 8.42 Å². The van der Waals surface area contributed by atoms with E-state index < -0.39 is 9.84 Å². The van der Waals surface area contributed by atoms with Gasteiger partial charge in [-0.2, -0.15) is 0 Å². The molecule has 19 heavy (non-hydrogen) atoms. The molecule has 1 aromatic carbocycles. The highest BCUT2D eigenvalue weighted by molar-refractivity contribution is 7.91. The summed E-state index contributed by atoms with van der Waals surface area (Å²) in [5, 5.41) is 1.82. The average Bonchev–Trinajstić information content (AvgIpc) is 2.65. The highest BCUT2D eigenvalue weighted by Crippen LogP contribution is 2.23. The summed E-state index contributed by atoms with van der Waals surface area (Å²) in [6.45, 7) is 4.44. The molecule has 0 amide bonds. The summed E-state index contributed by atoms with van der Waals surface area (Å²) in [4.78, 5) is 0. The molecule has 0 radical (unpaired) electrons. The van der Waals surface area contributed by atoms with Crippen LogP contribution >= 0.6 is 11.6 Å². The maximum atomic E-state index is 11.5. The van der Waals surface area contributed by atoms with E-state index in [-0.39, 0.29) is 11.5 Å². The molecular formula is C14H18ClNO2S. The van der Waals surface area contributed by atoms with Gasteiger partial charge in [-0.3, -0.25) is 0 Å². The number of fused-ring (bicyclic) bond motifs is 1. The van der Waals surface area contributed by atoms with Gasteiger partial charge >= 0.3 is 0 Å². The lowest BCUT2D eigenvalue weighted by molar-refractivity contribution is 0.588. The van der Waals surface area contributed by atoms with Crippen molar-refractivity contribution in [3.05, 3.63) is 35.0 Å². The maximum absolute atomic E-state index is 11.5. The van der Waals surface area contributed by atoms with Gasteiger partial charge in [-0.05, 0) is 37.6 Å². The highest BCUT2D eigenvalue weighted by atomic mass is 35.5. The van der Waals surface area contributed by atoms with Crippen molar-refractivity contribution in [2.75, 3.05) is 11.5 Å². The Kier molecular flexibility index (Phi) is 4.21. The summed E-state index contributed by atoms with van der Waals surface area (Å²) >= 11 is 5.97. The first-order chi connectivity index (χ1) is 8.93. The Morgan fingerprint density at radius 1 is 1.26 bits per heavy atom. The summed E-state index contributed by atoms with van der Waals surface area (Å²) in [6, 6.07) is 7.86. The minimum Gasteiger partial charge on any atom is -0.345 e. The van der Waals surface area contributed by atoms with Gasteiger partial charge in [0.1, 0.15) is 9.84 Å². The van der Waals surface area contributed by atoms with Gasteiger partial charge in [0.25, 0.3) is 0 Å². The molecule has 0 bridgehead atoms. The van der Waals surface area contributed by atoms with Crippen molar-refractivity contribution in [3.63, 3.8) is 0 Å². The molecule has 0 spiro atoms. The van der Waals surface area contributed by atoms with Crippen LogP contribution in [0.25, 0.3) is 10.9 Å².